The molecule has 0 spiro atoms. The minimum atomic E-state index is -4.78. The normalized spacial score (nSPS) is 11.4. The summed E-state index contributed by atoms with van der Waals surface area (Å²) in [6, 6.07) is 1.25. The molecule has 0 aliphatic heterocycles. The topological polar surface area (TPSA) is 74.2 Å². The Morgan fingerprint density at radius 2 is 1.93 bits per heavy atom. The second kappa shape index (κ2) is 3.24. The van der Waals surface area contributed by atoms with Gasteiger partial charge in [0.05, 0.1) is 0 Å². The number of nitrogens with zero attached hydrogens (tertiary/aromatic N) is 1. The summed E-state index contributed by atoms with van der Waals surface area (Å²) in [5.41, 5.74) is 10.7. The van der Waals surface area contributed by atoms with Crippen molar-refractivity contribution in [2.75, 3.05) is 11.5 Å². The largest absolute Gasteiger partial charge is 0.573 e. The molecule has 0 aromatic carbocycles. The number of aromatic nitrogens is 1. The highest BCUT2D eigenvalue weighted by molar-refractivity contribution is 5.56. The molecule has 0 saturated carbocycles. The van der Waals surface area contributed by atoms with Crippen molar-refractivity contribution in [2.24, 2.45) is 0 Å². The molecular formula is C7H8F3N3O. The zero-order chi connectivity index (χ0) is 10.9. The molecule has 14 heavy (non-hydrogen) atoms. The van der Waals surface area contributed by atoms with Gasteiger partial charge in [-0.1, -0.05) is 0 Å². The number of pyridine rings is 1. The highest BCUT2D eigenvalue weighted by Gasteiger charge is 2.33. The number of hydrogen-bond donors (Lipinski definition) is 2. The van der Waals surface area contributed by atoms with Crippen molar-refractivity contribution in [3.05, 3.63) is 11.6 Å². The van der Waals surface area contributed by atoms with E-state index in [2.05, 4.69) is 9.72 Å². The first kappa shape index (κ1) is 10.4. The molecular weight excluding hydrogens is 199 g/mol. The smallest absolute Gasteiger partial charge is 0.402 e. The minimum Gasteiger partial charge on any atom is -0.402 e. The number of anilines is 2. The van der Waals surface area contributed by atoms with Crippen LogP contribution in [0.2, 0.25) is 0 Å². The van der Waals surface area contributed by atoms with E-state index in [1.165, 1.54) is 13.0 Å². The molecule has 0 aliphatic carbocycles. The number of ether oxygens (including phenoxy) is 1. The molecule has 0 atom stereocenters. The lowest BCUT2D eigenvalue weighted by molar-refractivity contribution is -0.274. The lowest BCUT2D eigenvalue weighted by atomic mass is 10.2. The Balaban J connectivity index is 3.09. The van der Waals surface area contributed by atoms with E-state index < -0.39 is 12.1 Å². The predicted octanol–water partition coefficient (Wildman–Crippen LogP) is 1.45. The van der Waals surface area contributed by atoms with Crippen LogP contribution in [0.4, 0.5) is 24.8 Å². The van der Waals surface area contributed by atoms with E-state index in [1.54, 1.807) is 0 Å². The second-order valence-corrected chi connectivity index (χ2v) is 2.63. The fraction of sp³-hybridized carbons (Fsp3) is 0.286. The maximum atomic E-state index is 11.9. The van der Waals surface area contributed by atoms with E-state index in [0.29, 0.717) is 0 Å². The van der Waals surface area contributed by atoms with Crippen LogP contribution >= 0.6 is 0 Å². The molecule has 4 nitrogen and oxygen atoms in total. The van der Waals surface area contributed by atoms with Crippen molar-refractivity contribution in [1.29, 1.82) is 0 Å². The molecule has 1 aromatic heterocycles. The number of nitrogen functional groups attached to an aromatic ring is 2. The molecule has 1 heterocycles. The maximum Gasteiger partial charge on any atom is 0.573 e. The predicted molar refractivity (Wildman–Crippen MR) is 44.5 cm³/mol. The molecule has 0 unspecified atom stereocenters. The third-order valence-electron chi connectivity index (χ3n) is 1.42. The lowest BCUT2D eigenvalue weighted by Gasteiger charge is -2.13. The Labute approximate surface area is 77.7 Å². The summed E-state index contributed by atoms with van der Waals surface area (Å²) in [4.78, 5) is 3.45. The molecule has 78 valence electrons. The van der Waals surface area contributed by atoms with Crippen LogP contribution in [-0.4, -0.2) is 11.3 Å². The van der Waals surface area contributed by atoms with Crippen LogP contribution in [0.3, 0.4) is 0 Å². The van der Waals surface area contributed by atoms with Gasteiger partial charge >= 0.3 is 6.36 Å². The van der Waals surface area contributed by atoms with Crippen molar-refractivity contribution in [3.63, 3.8) is 0 Å². The highest BCUT2D eigenvalue weighted by atomic mass is 19.4. The Bertz CT molecular complexity index is 328. The average molecular weight is 207 g/mol. The van der Waals surface area contributed by atoms with Crippen molar-refractivity contribution >= 4 is 11.6 Å². The zero-order valence-electron chi connectivity index (χ0n) is 7.22. The van der Waals surface area contributed by atoms with Gasteiger partial charge in [-0.2, -0.15) is 0 Å². The van der Waals surface area contributed by atoms with Crippen LogP contribution < -0.4 is 16.2 Å². The van der Waals surface area contributed by atoms with E-state index in [9.17, 15) is 13.2 Å². The number of alkyl halides is 3. The molecule has 0 radical (unpaired) electrons. The summed E-state index contributed by atoms with van der Waals surface area (Å²) in [5.74, 6) is -0.832. The third kappa shape index (κ3) is 2.41. The Morgan fingerprint density at radius 3 is 2.36 bits per heavy atom. The Morgan fingerprint density at radius 1 is 1.36 bits per heavy atom. The summed E-state index contributed by atoms with van der Waals surface area (Å²) >= 11 is 0. The van der Waals surface area contributed by atoms with Gasteiger partial charge in [-0.15, -0.1) is 13.2 Å². The van der Waals surface area contributed by atoms with E-state index in [0.717, 1.165) is 0 Å². The van der Waals surface area contributed by atoms with Gasteiger partial charge in [0, 0.05) is 0 Å². The van der Waals surface area contributed by atoms with Gasteiger partial charge in [0.15, 0.2) is 11.6 Å². The average Bonchev–Trinajstić information content (AvgIpc) is 1.95. The van der Waals surface area contributed by atoms with Crippen LogP contribution in [0.1, 0.15) is 5.56 Å². The summed E-state index contributed by atoms with van der Waals surface area (Å²) in [6.07, 6.45) is -4.78. The Kier molecular flexibility index (Phi) is 2.41. The summed E-state index contributed by atoms with van der Waals surface area (Å²) in [7, 11) is 0. The highest BCUT2D eigenvalue weighted by Crippen LogP contribution is 2.31. The second-order valence-electron chi connectivity index (χ2n) is 2.63. The quantitative estimate of drug-likeness (QED) is 0.730. The summed E-state index contributed by atoms with van der Waals surface area (Å²) < 4.78 is 39.3. The fourth-order valence-electron chi connectivity index (χ4n) is 0.960. The summed E-state index contributed by atoms with van der Waals surface area (Å²) in [6.45, 7) is 1.40. The molecule has 0 saturated heterocycles. The first-order chi connectivity index (χ1) is 6.29. The van der Waals surface area contributed by atoms with Crippen LogP contribution in [0.5, 0.6) is 5.75 Å². The number of halogens is 3. The van der Waals surface area contributed by atoms with Gasteiger partial charge < -0.3 is 16.2 Å². The SMILES string of the molecule is Cc1cc(N)nc(N)c1OC(F)(F)F. The molecule has 0 bridgehead atoms. The molecule has 0 aliphatic rings. The number of nitrogens with two attached hydrogens (primary N) is 2. The Hall–Kier alpha value is -1.66. The standard InChI is InChI=1S/C7H8F3N3O/c1-3-2-4(11)13-6(12)5(3)14-7(8,9)10/h2H,1H3,(H4,11,12,13). The molecule has 7 heteroatoms. The van der Waals surface area contributed by atoms with Crippen molar-refractivity contribution in [1.82, 2.24) is 4.98 Å². The summed E-state index contributed by atoms with van der Waals surface area (Å²) in [5, 5.41) is 0. The molecule has 0 amide bonds. The zero-order valence-corrected chi connectivity index (χ0v) is 7.22. The van der Waals surface area contributed by atoms with E-state index in [4.69, 9.17) is 11.5 Å². The van der Waals surface area contributed by atoms with Gasteiger partial charge in [-0.3, -0.25) is 0 Å². The van der Waals surface area contributed by atoms with Crippen LogP contribution in [0, 0.1) is 6.92 Å². The maximum absolute atomic E-state index is 11.9. The number of rotatable bonds is 1. The van der Waals surface area contributed by atoms with E-state index in [1.807, 2.05) is 0 Å². The first-order valence-corrected chi connectivity index (χ1v) is 3.58. The van der Waals surface area contributed by atoms with Gasteiger partial charge in [-0.05, 0) is 18.6 Å². The van der Waals surface area contributed by atoms with Gasteiger partial charge in [-0.25, -0.2) is 4.98 Å². The number of hydrogen-bond acceptors (Lipinski definition) is 4. The van der Waals surface area contributed by atoms with E-state index >= 15 is 0 Å². The fourth-order valence-corrected chi connectivity index (χ4v) is 0.960. The lowest BCUT2D eigenvalue weighted by Crippen LogP contribution is -2.19. The first-order valence-electron chi connectivity index (χ1n) is 3.58. The molecule has 1 aromatic rings. The minimum absolute atomic E-state index is 0.0505. The van der Waals surface area contributed by atoms with Crippen LogP contribution in [0.25, 0.3) is 0 Å². The van der Waals surface area contributed by atoms with Crippen molar-refractivity contribution < 1.29 is 17.9 Å². The van der Waals surface area contributed by atoms with Crippen molar-refractivity contribution in [2.45, 2.75) is 13.3 Å². The molecule has 0 fully saturated rings. The van der Waals surface area contributed by atoms with Crippen LogP contribution in [-0.2, 0) is 0 Å². The van der Waals surface area contributed by atoms with Gasteiger partial charge in [0.1, 0.15) is 5.82 Å². The van der Waals surface area contributed by atoms with Crippen molar-refractivity contribution in [3.8, 4) is 5.75 Å². The van der Waals surface area contributed by atoms with Crippen LogP contribution in [0.15, 0.2) is 6.07 Å². The van der Waals surface area contributed by atoms with Gasteiger partial charge in [0.25, 0.3) is 0 Å². The molecule has 1 rings (SSSR count). The number of aryl methyl sites for hydroxylation is 1. The van der Waals surface area contributed by atoms with E-state index in [-0.39, 0.29) is 17.2 Å². The van der Waals surface area contributed by atoms with Gasteiger partial charge in [0.2, 0.25) is 0 Å². The third-order valence-corrected chi connectivity index (χ3v) is 1.42. The monoisotopic (exact) mass is 207 g/mol. The molecule has 4 N–H and O–H groups in total.